The molecule has 0 unspecified atom stereocenters. The van der Waals surface area contributed by atoms with Gasteiger partial charge in [-0.25, -0.2) is 4.79 Å². The number of hydrogen-bond acceptors (Lipinski definition) is 4. The van der Waals surface area contributed by atoms with Crippen LogP contribution in [0.2, 0.25) is 5.02 Å². The number of amides is 2. The summed E-state index contributed by atoms with van der Waals surface area (Å²) in [6.07, 6.45) is 1.59. The Hall–Kier alpha value is -2.93. The molecule has 0 saturated carbocycles. The Morgan fingerprint density at radius 3 is 2.56 bits per heavy atom. The van der Waals surface area contributed by atoms with E-state index in [0.29, 0.717) is 23.0 Å². The van der Waals surface area contributed by atoms with Crippen molar-refractivity contribution in [3.8, 4) is 11.3 Å². The first kappa shape index (κ1) is 22.3. The summed E-state index contributed by atoms with van der Waals surface area (Å²) in [4.78, 5) is 19.8. The number of nitrogens with zero attached hydrogens (tertiary/aromatic N) is 2. The van der Waals surface area contributed by atoms with Crippen molar-refractivity contribution in [2.24, 2.45) is 0 Å². The number of methoxy groups -OCH3 is 1. The minimum Gasteiger partial charge on any atom is -0.383 e. The van der Waals surface area contributed by atoms with Gasteiger partial charge in [0, 0.05) is 44.4 Å². The van der Waals surface area contributed by atoms with Crippen LogP contribution in [0.1, 0.15) is 11.5 Å². The third-order valence-corrected chi connectivity index (χ3v) is 5.91. The Kier molecular flexibility index (Phi) is 7.37. The lowest BCUT2D eigenvalue weighted by Gasteiger charge is -2.21. The molecule has 0 bridgehead atoms. The first-order valence-electron chi connectivity index (χ1n) is 10.7. The van der Waals surface area contributed by atoms with E-state index >= 15 is 0 Å². The van der Waals surface area contributed by atoms with Crippen LogP contribution in [-0.4, -0.2) is 55.3 Å². The molecule has 0 radical (unpaired) electrons. The number of carbonyl (C=O) groups excluding carboxylic acids is 1. The van der Waals surface area contributed by atoms with Crippen molar-refractivity contribution < 1.29 is 9.53 Å². The molecule has 2 heterocycles. The molecule has 2 atom stereocenters. The van der Waals surface area contributed by atoms with Gasteiger partial charge in [-0.05, 0) is 11.6 Å². The number of anilines is 1. The summed E-state index contributed by atoms with van der Waals surface area (Å²) >= 11 is 6.18. The number of urea groups is 1. The van der Waals surface area contributed by atoms with Gasteiger partial charge in [-0.3, -0.25) is 9.88 Å². The third kappa shape index (κ3) is 5.46. The second-order valence-corrected chi connectivity index (χ2v) is 8.33. The standard InChI is InChI=1S/C25H27ClN4O2/c1-32-13-12-30-16-21(18-8-4-2-5-9-18)23(17-30)29-25(31)28-22-14-20(26)15-27-24(22)19-10-6-3-7-11-19/h2-11,14-15,21,23H,12-13,16-17H2,1H3,(H2,28,29,31)/t21-,23+/m0/s1. The molecule has 7 heteroatoms. The van der Waals surface area contributed by atoms with Crippen molar-refractivity contribution in [1.82, 2.24) is 15.2 Å². The molecule has 32 heavy (non-hydrogen) atoms. The molecular formula is C25H27ClN4O2. The van der Waals surface area contributed by atoms with E-state index in [-0.39, 0.29) is 18.0 Å². The first-order chi connectivity index (χ1) is 15.6. The normalized spacial score (nSPS) is 18.4. The number of pyridine rings is 1. The number of halogens is 1. The lowest BCUT2D eigenvalue weighted by Crippen LogP contribution is -2.42. The Bertz CT molecular complexity index is 1030. The van der Waals surface area contributed by atoms with Gasteiger partial charge < -0.3 is 15.4 Å². The van der Waals surface area contributed by atoms with Crippen molar-refractivity contribution in [1.29, 1.82) is 0 Å². The molecule has 3 aromatic rings. The summed E-state index contributed by atoms with van der Waals surface area (Å²) < 4.78 is 5.25. The van der Waals surface area contributed by atoms with E-state index in [1.54, 1.807) is 19.4 Å². The predicted molar refractivity (Wildman–Crippen MR) is 128 cm³/mol. The number of ether oxygens (including phenoxy) is 1. The van der Waals surface area contributed by atoms with E-state index in [9.17, 15) is 4.79 Å². The Balaban J connectivity index is 1.51. The monoisotopic (exact) mass is 450 g/mol. The van der Waals surface area contributed by atoms with E-state index in [0.717, 1.165) is 25.2 Å². The van der Waals surface area contributed by atoms with Gasteiger partial charge in [0.15, 0.2) is 0 Å². The highest BCUT2D eigenvalue weighted by Crippen LogP contribution is 2.30. The van der Waals surface area contributed by atoms with Crippen molar-refractivity contribution >= 4 is 23.3 Å². The average molecular weight is 451 g/mol. The van der Waals surface area contributed by atoms with Crippen LogP contribution in [0.25, 0.3) is 11.3 Å². The van der Waals surface area contributed by atoms with Gasteiger partial charge in [-0.1, -0.05) is 72.3 Å². The van der Waals surface area contributed by atoms with Crippen LogP contribution in [0.5, 0.6) is 0 Å². The van der Waals surface area contributed by atoms with Crippen LogP contribution in [-0.2, 0) is 4.74 Å². The van der Waals surface area contributed by atoms with Crippen LogP contribution < -0.4 is 10.6 Å². The summed E-state index contributed by atoms with van der Waals surface area (Å²) in [5.41, 5.74) is 3.38. The van der Waals surface area contributed by atoms with Gasteiger partial charge in [0.05, 0.1) is 29.1 Å². The molecule has 1 aromatic heterocycles. The molecular weight excluding hydrogens is 424 g/mol. The Morgan fingerprint density at radius 2 is 1.84 bits per heavy atom. The number of rotatable bonds is 7. The van der Waals surface area contributed by atoms with Gasteiger partial charge in [0.1, 0.15) is 0 Å². The fourth-order valence-electron chi connectivity index (χ4n) is 4.16. The molecule has 1 aliphatic heterocycles. The van der Waals surface area contributed by atoms with Crippen molar-refractivity contribution in [2.75, 3.05) is 38.7 Å². The number of hydrogen-bond donors (Lipinski definition) is 2. The van der Waals surface area contributed by atoms with Gasteiger partial charge >= 0.3 is 6.03 Å². The summed E-state index contributed by atoms with van der Waals surface area (Å²) in [6.45, 7) is 3.12. The molecule has 1 fully saturated rings. The van der Waals surface area contributed by atoms with Gasteiger partial charge in [-0.15, -0.1) is 0 Å². The van der Waals surface area contributed by atoms with E-state index in [1.165, 1.54) is 5.56 Å². The van der Waals surface area contributed by atoms with Gasteiger partial charge in [-0.2, -0.15) is 0 Å². The molecule has 4 rings (SSSR count). The van der Waals surface area contributed by atoms with E-state index in [1.807, 2.05) is 48.5 Å². The van der Waals surface area contributed by atoms with Gasteiger partial charge in [0.25, 0.3) is 0 Å². The second kappa shape index (κ2) is 10.6. The molecule has 0 aliphatic carbocycles. The SMILES string of the molecule is COCCN1C[C@@H](NC(=O)Nc2cc(Cl)cnc2-c2ccccc2)[C@H](c2ccccc2)C1. The minimum absolute atomic E-state index is 0.0263. The number of likely N-dealkylation sites (tertiary alicyclic amines) is 1. The number of aromatic nitrogens is 1. The van der Waals surface area contributed by atoms with E-state index < -0.39 is 0 Å². The highest BCUT2D eigenvalue weighted by molar-refractivity contribution is 6.30. The van der Waals surface area contributed by atoms with Crippen molar-refractivity contribution in [2.45, 2.75) is 12.0 Å². The Labute approximate surface area is 193 Å². The maximum absolute atomic E-state index is 13.0. The summed E-state index contributed by atoms with van der Waals surface area (Å²) in [5, 5.41) is 6.61. The maximum atomic E-state index is 13.0. The maximum Gasteiger partial charge on any atom is 0.319 e. The number of nitrogens with one attached hydrogen (secondary N) is 2. The predicted octanol–water partition coefficient (Wildman–Crippen LogP) is 4.64. The minimum atomic E-state index is -0.272. The van der Waals surface area contributed by atoms with Crippen molar-refractivity contribution in [3.63, 3.8) is 0 Å². The molecule has 166 valence electrons. The summed E-state index contributed by atoms with van der Waals surface area (Å²) in [6, 6.07) is 21.5. The molecule has 2 N–H and O–H groups in total. The summed E-state index contributed by atoms with van der Waals surface area (Å²) in [7, 11) is 1.71. The lowest BCUT2D eigenvalue weighted by molar-refractivity contribution is 0.159. The van der Waals surface area contributed by atoms with Crippen LogP contribution in [0.15, 0.2) is 72.9 Å². The number of carbonyl (C=O) groups is 1. The zero-order valence-corrected chi connectivity index (χ0v) is 18.8. The van der Waals surface area contributed by atoms with Crippen LogP contribution >= 0.6 is 11.6 Å². The van der Waals surface area contributed by atoms with Crippen molar-refractivity contribution in [3.05, 3.63) is 83.5 Å². The summed E-state index contributed by atoms with van der Waals surface area (Å²) in [5.74, 6) is 0.199. The van der Waals surface area contributed by atoms with E-state index in [2.05, 4.69) is 32.7 Å². The molecule has 6 nitrogen and oxygen atoms in total. The topological polar surface area (TPSA) is 66.5 Å². The zero-order chi connectivity index (χ0) is 22.3. The van der Waals surface area contributed by atoms with E-state index in [4.69, 9.17) is 16.3 Å². The van der Waals surface area contributed by atoms with Gasteiger partial charge in [0.2, 0.25) is 0 Å². The fourth-order valence-corrected chi connectivity index (χ4v) is 4.32. The number of benzene rings is 2. The third-order valence-electron chi connectivity index (χ3n) is 5.70. The smallest absolute Gasteiger partial charge is 0.319 e. The van der Waals surface area contributed by atoms with Crippen LogP contribution in [0, 0.1) is 0 Å². The highest BCUT2D eigenvalue weighted by atomic mass is 35.5. The quantitative estimate of drug-likeness (QED) is 0.550. The van der Waals surface area contributed by atoms with Crippen LogP contribution in [0.3, 0.4) is 0 Å². The molecule has 2 aromatic carbocycles. The molecule has 0 spiro atoms. The zero-order valence-electron chi connectivity index (χ0n) is 18.0. The highest BCUT2D eigenvalue weighted by Gasteiger charge is 2.34. The molecule has 2 amide bonds. The van der Waals surface area contributed by atoms with Crippen LogP contribution in [0.4, 0.5) is 10.5 Å². The lowest BCUT2D eigenvalue weighted by atomic mass is 9.94. The Morgan fingerprint density at radius 1 is 1.12 bits per heavy atom. The molecule has 1 saturated heterocycles. The second-order valence-electron chi connectivity index (χ2n) is 7.89. The fraction of sp³-hybridized carbons (Fsp3) is 0.280. The first-order valence-corrected chi connectivity index (χ1v) is 11.1. The molecule has 1 aliphatic rings. The largest absolute Gasteiger partial charge is 0.383 e. The average Bonchev–Trinajstić information content (AvgIpc) is 3.21.